The number of carbonyl (C=O) groups excluding carboxylic acids is 2. The molecule has 0 aromatic heterocycles. The van der Waals surface area contributed by atoms with Crippen LogP contribution >= 0.6 is 22.6 Å². The zero-order valence-corrected chi connectivity index (χ0v) is 15.4. The zero-order chi connectivity index (χ0) is 17.4. The molecule has 0 radical (unpaired) electrons. The molecule has 2 aromatic carbocycles. The fraction of sp³-hybridized carbons (Fsp3) is 0.222. The molecule has 0 aliphatic carbocycles. The number of ether oxygens (including phenoxy) is 2. The molecule has 24 heavy (non-hydrogen) atoms. The van der Waals surface area contributed by atoms with Crippen LogP contribution < -0.4 is 10.1 Å². The lowest BCUT2D eigenvalue weighted by molar-refractivity contribution is -0.147. The van der Waals surface area contributed by atoms with Crippen LogP contribution in [0.5, 0.6) is 5.75 Å². The summed E-state index contributed by atoms with van der Waals surface area (Å²) in [6.07, 6.45) is 0.0878. The lowest BCUT2D eigenvalue weighted by atomic mass is 10.2. The number of rotatable bonds is 7. The highest BCUT2D eigenvalue weighted by atomic mass is 127. The minimum atomic E-state index is -0.472. The molecule has 2 aromatic rings. The zero-order valence-electron chi connectivity index (χ0n) is 13.3. The molecule has 5 nitrogen and oxygen atoms in total. The van der Waals surface area contributed by atoms with Gasteiger partial charge in [0.05, 0.1) is 13.0 Å². The molecule has 0 saturated heterocycles. The molecule has 0 unspecified atom stereocenters. The Balaban J connectivity index is 1.66. The van der Waals surface area contributed by atoms with Gasteiger partial charge in [-0.25, -0.2) is 0 Å². The normalized spacial score (nSPS) is 10.1. The smallest absolute Gasteiger partial charge is 0.309 e. The van der Waals surface area contributed by atoms with E-state index < -0.39 is 5.97 Å². The number of aryl methyl sites for hydroxylation is 1. The number of benzene rings is 2. The van der Waals surface area contributed by atoms with E-state index in [2.05, 4.69) is 27.9 Å². The Kier molecular flexibility index (Phi) is 7.05. The third-order valence-electron chi connectivity index (χ3n) is 3.04. The van der Waals surface area contributed by atoms with Gasteiger partial charge in [0.25, 0.3) is 5.91 Å². The number of halogens is 1. The lowest BCUT2D eigenvalue weighted by Gasteiger charge is -2.08. The van der Waals surface area contributed by atoms with E-state index in [1.807, 2.05) is 49.4 Å². The number of hydrogen-bond donors (Lipinski definition) is 1. The monoisotopic (exact) mass is 439 g/mol. The molecule has 0 aliphatic heterocycles. The second-order valence-corrected chi connectivity index (χ2v) is 6.38. The maximum atomic E-state index is 11.7. The average molecular weight is 439 g/mol. The largest absolute Gasteiger partial charge is 0.493 e. The van der Waals surface area contributed by atoms with Gasteiger partial charge in [0.15, 0.2) is 6.61 Å². The molecule has 6 heteroatoms. The second kappa shape index (κ2) is 9.27. The van der Waals surface area contributed by atoms with Crippen molar-refractivity contribution >= 4 is 40.2 Å². The van der Waals surface area contributed by atoms with E-state index in [0.717, 1.165) is 9.13 Å². The van der Waals surface area contributed by atoms with Gasteiger partial charge in [-0.3, -0.25) is 9.59 Å². The molecule has 0 aliphatic rings. The standard InChI is InChI=1S/C18H18INO4/c1-13-4-2-7-16(10-13)23-9-8-18(22)24-12-17(21)20-15-6-3-5-14(19)11-15/h2-7,10-11H,8-9,12H2,1H3,(H,20,21). The summed E-state index contributed by atoms with van der Waals surface area (Å²) in [4.78, 5) is 23.4. The first kappa shape index (κ1) is 18.3. The van der Waals surface area contributed by atoms with Gasteiger partial charge in [-0.05, 0) is 65.4 Å². The molecule has 0 heterocycles. The Morgan fingerprint density at radius 1 is 1.12 bits per heavy atom. The third kappa shape index (κ3) is 6.57. The Bertz CT molecular complexity index is 718. The molecule has 1 amide bonds. The molecular weight excluding hydrogens is 421 g/mol. The SMILES string of the molecule is Cc1cccc(OCCC(=O)OCC(=O)Nc2cccc(I)c2)c1. The van der Waals surface area contributed by atoms with Crippen molar-refractivity contribution in [1.29, 1.82) is 0 Å². The van der Waals surface area contributed by atoms with Crippen LogP contribution in [0.15, 0.2) is 48.5 Å². The average Bonchev–Trinajstić information content (AvgIpc) is 2.53. The summed E-state index contributed by atoms with van der Waals surface area (Å²) in [6.45, 7) is 1.86. The summed E-state index contributed by atoms with van der Waals surface area (Å²) in [5.41, 5.74) is 1.76. The summed E-state index contributed by atoms with van der Waals surface area (Å²) in [5.74, 6) is -0.135. The highest BCUT2D eigenvalue weighted by Gasteiger charge is 2.08. The van der Waals surface area contributed by atoms with Gasteiger partial charge in [0.2, 0.25) is 0 Å². The van der Waals surface area contributed by atoms with Gasteiger partial charge in [-0.15, -0.1) is 0 Å². The molecule has 0 bridgehead atoms. The van der Waals surface area contributed by atoms with Crippen molar-refractivity contribution in [2.75, 3.05) is 18.5 Å². The highest BCUT2D eigenvalue weighted by molar-refractivity contribution is 14.1. The topological polar surface area (TPSA) is 64.6 Å². The summed E-state index contributed by atoms with van der Waals surface area (Å²) in [7, 11) is 0. The van der Waals surface area contributed by atoms with Crippen LogP contribution in [-0.2, 0) is 14.3 Å². The third-order valence-corrected chi connectivity index (χ3v) is 3.71. The number of hydrogen-bond acceptors (Lipinski definition) is 4. The highest BCUT2D eigenvalue weighted by Crippen LogP contribution is 2.13. The molecule has 0 atom stereocenters. The van der Waals surface area contributed by atoms with Crippen LogP contribution in [0.1, 0.15) is 12.0 Å². The summed E-state index contributed by atoms with van der Waals surface area (Å²) >= 11 is 2.16. The van der Waals surface area contributed by atoms with Crippen molar-refractivity contribution in [3.8, 4) is 5.75 Å². The summed E-state index contributed by atoms with van der Waals surface area (Å²) in [5, 5.41) is 2.67. The Labute approximate surface area is 154 Å². The van der Waals surface area contributed by atoms with Gasteiger partial charge in [-0.1, -0.05) is 18.2 Å². The van der Waals surface area contributed by atoms with E-state index in [-0.39, 0.29) is 25.5 Å². The maximum Gasteiger partial charge on any atom is 0.309 e. The number of esters is 1. The first-order valence-corrected chi connectivity index (χ1v) is 8.51. The van der Waals surface area contributed by atoms with Crippen LogP contribution in [0.4, 0.5) is 5.69 Å². The fourth-order valence-corrected chi connectivity index (χ4v) is 2.48. The summed E-state index contributed by atoms with van der Waals surface area (Å²) in [6, 6.07) is 14.9. The van der Waals surface area contributed by atoms with Crippen LogP contribution in [-0.4, -0.2) is 25.1 Å². The maximum absolute atomic E-state index is 11.7. The number of amides is 1. The van der Waals surface area contributed by atoms with E-state index >= 15 is 0 Å². The van der Waals surface area contributed by atoms with Crippen LogP contribution in [0.3, 0.4) is 0 Å². The number of carbonyl (C=O) groups is 2. The Morgan fingerprint density at radius 2 is 1.92 bits per heavy atom. The molecule has 0 spiro atoms. The molecular formula is C18H18INO4. The van der Waals surface area contributed by atoms with Crippen LogP contribution in [0, 0.1) is 10.5 Å². The van der Waals surface area contributed by atoms with E-state index in [4.69, 9.17) is 9.47 Å². The molecule has 126 valence electrons. The Morgan fingerprint density at radius 3 is 2.67 bits per heavy atom. The van der Waals surface area contributed by atoms with E-state index in [9.17, 15) is 9.59 Å². The van der Waals surface area contributed by atoms with Crippen molar-refractivity contribution in [3.05, 3.63) is 57.7 Å². The van der Waals surface area contributed by atoms with Crippen molar-refractivity contribution in [2.45, 2.75) is 13.3 Å². The molecule has 1 N–H and O–H groups in total. The van der Waals surface area contributed by atoms with Crippen molar-refractivity contribution in [1.82, 2.24) is 0 Å². The first-order chi connectivity index (χ1) is 11.5. The lowest BCUT2D eigenvalue weighted by Crippen LogP contribution is -2.21. The van der Waals surface area contributed by atoms with Crippen molar-refractivity contribution in [2.24, 2.45) is 0 Å². The number of anilines is 1. The van der Waals surface area contributed by atoms with E-state index in [0.29, 0.717) is 11.4 Å². The minimum Gasteiger partial charge on any atom is -0.493 e. The van der Waals surface area contributed by atoms with Crippen LogP contribution in [0.25, 0.3) is 0 Å². The molecule has 0 fully saturated rings. The predicted molar refractivity (Wildman–Crippen MR) is 100 cm³/mol. The first-order valence-electron chi connectivity index (χ1n) is 7.43. The minimum absolute atomic E-state index is 0.0878. The van der Waals surface area contributed by atoms with Gasteiger partial charge < -0.3 is 14.8 Å². The fourth-order valence-electron chi connectivity index (χ4n) is 1.94. The van der Waals surface area contributed by atoms with Gasteiger partial charge in [-0.2, -0.15) is 0 Å². The van der Waals surface area contributed by atoms with Crippen molar-refractivity contribution in [3.63, 3.8) is 0 Å². The van der Waals surface area contributed by atoms with Gasteiger partial charge in [0.1, 0.15) is 5.75 Å². The van der Waals surface area contributed by atoms with Gasteiger partial charge >= 0.3 is 5.97 Å². The van der Waals surface area contributed by atoms with E-state index in [1.165, 1.54) is 0 Å². The predicted octanol–water partition coefficient (Wildman–Crippen LogP) is 3.55. The summed E-state index contributed by atoms with van der Waals surface area (Å²) < 4.78 is 11.4. The molecule has 2 rings (SSSR count). The van der Waals surface area contributed by atoms with Crippen molar-refractivity contribution < 1.29 is 19.1 Å². The Hall–Kier alpha value is -2.09. The van der Waals surface area contributed by atoms with E-state index in [1.54, 1.807) is 6.07 Å². The van der Waals surface area contributed by atoms with Crippen LogP contribution in [0.2, 0.25) is 0 Å². The molecule has 0 saturated carbocycles. The van der Waals surface area contributed by atoms with Gasteiger partial charge in [0, 0.05) is 9.26 Å². The second-order valence-electron chi connectivity index (χ2n) is 5.13. The number of nitrogens with one attached hydrogen (secondary N) is 1. The quantitative estimate of drug-likeness (QED) is 0.530.